The summed E-state index contributed by atoms with van der Waals surface area (Å²) in [5.74, 6) is -4.31. The molecular formula is C12H54Al16O75S8. The van der Waals surface area contributed by atoms with E-state index in [2.05, 4.69) is 33.5 Å². The summed E-state index contributed by atoms with van der Waals surface area (Å²) < 4.78 is 320. The molecule has 0 aromatic carbocycles. The molecule has 2 fully saturated rings. The first kappa shape index (κ1) is 410. The summed E-state index contributed by atoms with van der Waals surface area (Å²) in [6.45, 7) is -6.74. The first-order chi connectivity index (χ1) is 24.2. The molecule has 9 atom stereocenters. The van der Waals surface area contributed by atoms with Crippen molar-refractivity contribution in [2.45, 2.75) is 54.8 Å². The third-order valence-corrected chi connectivity index (χ3v) is 9.18. The maximum absolute atomic E-state index is 11.7. The third-order valence-electron chi connectivity index (χ3n) is 5.65. The van der Waals surface area contributed by atoms with Gasteiger partial charge in [-0.15, -0.1) is 0 Å². The summed E-state index contributed by atoms with van der Waals surface area (Å²) in [5.41, 5.74) is 0. The van der Waals surface area contributed by atoms with Crippen molar-refractivity contribution < 1.29 is 370 Å². The zero-order valence-corrected chi connectivity index (χ0v) is 76.9. The zero-order valence-electron chi connectivity index (χ0n) is 51.9. The van der Waals surface area contributed by atoms with Gasteiger partial charge in [0, 0.05) is 0 Å². The summed E-state index contributed by atoms with van der Waals surface area (Å²) in [6.07, 6.45) is -27.5. The van der Waals surface area contributed by atoms with E-state index in [1.807, 2.05) is 0 Å². The molecular weight excluding hydrogens is 2030 g/mol. The van der Waals surface area contributed by atoms with Gasteiger partial charge in [0.25, 0.3) is 0 Å². The van der Waals surface area contributed by atoms with Crippen LogP contribution in [0.3, 0.4) is 0 Å². The Morgan fingerprint density at radius 1 is 0.225 bits per heavy atom. The molecule has 2 rings (SSSR count). The molecule has 0 aromatic rings. The molecule has 0 aromatic heterocycles. The number of ether oxygens (including phenoxy) is 3. The van der Waals surface area contributed by atoms with Crippen LogP contribution in [-0.4, -0.2) is 675 Å². The summed E-state index contributed by atoms with van der Waals surface area (Å²) in [4.78, 5) is 0. The summed E-state index contributed by atoms with van der Waals surface area (Å²) >= 11 is 0. The van der Waals surface area contributed by atoms with Crippen LogP contribution in [0.4, 0.5) is 0 Å². The van der Waals surface area contributed by atoms with Crippen LogP contribution in [0.25, 0.3) is 0 Å². The van der Waals surface area contributed by atoms with E-state index in [9.17, 15) is 104 Å². The van der Waals surface area contributed by atoms with Crippen molar-refractivity contribution in [1.29, 1.82) is 0 Å². The Morgan fingerprint density at radius 2 is 0.405 bits per heavy atom. The van der Waals surface area contributed by atoms with Crippen molar-refractivity contribution in [1.82, 2.24) is 0 Å². The molecule has 0 radical (unpaired) electrons. The van der Waals surface area contributed by atoms with Gasteiger partial charge in [-0.1, -0.05) is 0 Å². The Kier molecular flexibility index (Phi) is 590. The summed E-state index contributed by atoms with van der Waals surface area (Å²) in [5, 5.41) is 0. The second-order valence-corrected chi connectivity index (χ2v) is 17.7. The Morgan fingerprint density at radius 3 is 0.604 bits per heavy atom. The van der Waals surface area contributed by atoms with Gasteiger partial charge in [-0.3, -0.25) is 33.5 Å². The SMILES string of the molecule is O=S(=O)([O-])OCC1O[C@@](COS(=O)(=O)[O-])(O[C@H]2O[C@H](COS(=O)(=O)[O-])[C@@H](OS(=O)(=O)[O-])[C@H](OS(=O)(=O)[O-])[C@H]2OS(=O)(=O)[O-])[C@@H](OS(=O)(=O)[O-])C1OS(=O)(=O)[O-].[Al+3].[Al+3].[Al+3].[Al+3].[Al+3].[Al+3].[Al+3].[Al+3].[Al+3].[Al+3].[Al+3].[Al+3].[Al+3].[Al+3].[Al+3].[Al+3].[OH-].[OH-].[OH-].[OH-].[OH-].[OH-].[OH-].[OH-].[OH-].[OH-].[OH-].[OH-].[OH-].[OH-].[OH-].[OH-].[OH-].[OH-].[OH-].[OH-].[OH-].[OH-].[OH-].[OH-].[OH-].[OH-].[OH-].[OH-].[OH-].[OH-].[OH-].[OH-].[OH-].[OH-].[OH-].[OH-].[OH-].[OH-].[OH-].[OH-]. The van der Waals surface area contributed by atoms with E-state index in [1.54, 1.807) is 0 Å². The fourth-order valence-electron chi connectivity index (χ4n) is 4.21. The molecule has 2 aliphatic heterocycles. The van der Waals surface area contributed by atoms with Crippen LogP contribution in [0.1, 0.15) is 0 Å². The van der Waals surface area contributed by atoms with E-state index in [1.165, 1.54) is 0 Å². The molecule has 2 saturated heterocycles. The molecule has 0 aliphatic carbocycles. The zero-order chi connectivity index (χ0) is 43.0. The maximum Gasteiger partial charge on any atom is 3.00 e. The van der Waals surface area contributed by atoms with E-state index in [0.717, 1.165) is 0 Å². The summed E-state index contributed by atoms with van der Waals surface area (Å²) in [6, 6.07) is 0. The van der Waals surface area contributed by atoms with Crippen LogP contribution in [0, 0.1) is 0 Å². The third kappa shape index (κ3) is 170. The topological polar surface area (TPSA) is 1760 Å². The Labute approximate surface area is 797 Å². The Balaban J connectivity index is -0.0000000106. The number of rotatable bonds is 21. The fourth-order valence-corrected chi connectivity index (χ4v) is 7.60. The van der Waals surface area contributed by atoms with E-state index in [4.69, 9.17) is 14.2 Å². The van der Waals surface area contributed by atoms with Crippen LogP contribution in [-0.2, 0) is 131 Å². The molecule has 111 heavy (non-hydrogen) atoms. The predicted octanol–water partition coefficient (Wildman–Crippen LogP) is -22.7. The normalized spacial score (nSPS) is 15.2. The second kappa shape index (κ2) is 160. The van der Waals surface area contributed by atoms with Gasteiger partial charge in [-0.05, 0) is 0 Å². The standard InChI is InChI=1S/C12H22O35S8.16Al.40H2O/c13-48(14,15)37-1-4-6(43-51(22,23)24)8(45-53(28,29)30)9(46-54(31,32)33)11(40-4)42-12(3-39-50(19,20)21)10(47-55(34,35)36)7(44-52(25,26)27)5(41-12)2-38-49(16,17)18;;;;;;;;;;;;;;;;;;;;;;;;;;;;;;;;;;;;;;;;;;;;;;;;;;;;;;;;/h4-11H,1-3H2,(H,13,14,15)(H,16,17,18)(H,19,20,21)(H,22,23,24)(H,25,26,27)(H,28,29,30)(H,31,32,33)(H,34,35,36);;;;;;;;;;;;;;;;;40*1H2/q;16*+3;;;;;;;;;;;;;;;;;;;;;;;;;;;;;;;;;;;;;;;;/p-48/t4-,5?,6-,7?,8+,9-,10+,11-,12+;;;;;;;;;;;;;;;;;;;;;;;;;;;;;;;;;;;;;;;;;;;;;;;;;;;;;;;;/m1......................................................../s1. The van der Waals surface area contributed by atoms with Gasteiger partial charge >= 0.3 is 278 Å². The molecule has 2 unspecified atom stereocenters. The first-order valence-electron chi connectivity index (χ1n) is 12.2. The quantitative estimate of drug-likeness (QED) is 0.0585. The van der Waals surface area contributed by atoms with Crippen molar-refractivity contribution in [2.24, 2.45) is 0 Å². The maximum atomic E-state index is 11.7. The minimum atomic E-state index is -6.58. The first-order valence-corrected chi connectivity index (χ1v) is 22.9. The smallest absolute Gasteiger partial charge is 0.870 e. The molecule has 75 nitrogen and oxygen atoms in total. The van der Waals surface area contributed by atoms with Gasteiger partial charge in [0.05, 0.1) is 13.2 Å². The molecule has 0 amide bonds. The number of hydrogen-bond acceptors (Lipinski definition) is 75. The van der Waals surface area contributed by atoms with Gasteiger partial charge < -0.3 is 270 Å². The molecule has 648 valence electrons. The molecule has 0 saturated carbocycles. The largest absolute Gasteiger partial charge is 3.00 e. The van der Waals surface area contributed by atoms with Gasteiger partial charge in [0.15, 0.2) is 18.5 Å². The van der Waals surface area contributed by atoms with Gasteiger partial charge in [-0.25, -0.2) is 67.3 Å². The van der Waals surface area contributed by atoms with E-state index in [-0.39, 0.29) is 497 Å². The van der Waals surface area contributed by atoms with Crippen molar-refractivity contribution in [2.75, 3.05) is 19.8 Å². The second-order valence-electron chi connectivity index (χ2n) is 9.49. The summed E-state index contributed by atoms with van der Waals surface area (Å²) in [7, 11) is -50.8. The monoisotopic (exact) mass is 2090 g/mol. The van der Waals surface area contributed by atoms with Crippen LogP contribution in [0.5, 0.6) is 0 Å². The average Bonchev–Trinajstić information content (AvgIpc) is 3.15. The Bertz CT molecular complexity index is 2360. The van der Waals surface area contributed by atoms with Crippen molar-refractivity contribution >= 4 is 361 Å². The van der Waals surface area contributed by atoms with Crippen LogP contribution >= 0.6 is 0 Å². The van der Waals surface area contributed by atoms with Crippen molar-refractivity contribution in [3.8, 4) is 0 Å². The van der Waals surface area contributed by atoms with E-state index < -0.39 is 158 Å². The fraction of sp³-hybridized carbons (Fsp3) is 1.00. The van der Waals surface area contributed by atoms with Crippen molar-refractivity contribution in [3.05, 3.63) is 0 Å². The number of hydrogen-bond donors (Lipinski definition) is 0. The molecule has 40 N–H and O–H groups in total. The molecule has 0 spiro atoms. The molecule has 0 bridgehead atoms. The van der Waals surface area contributed by atoms with Crippen LogP contribution in [0.15, 0.2) is 0 Å². The predicted molar refractivity (Wildman–Crippen MR) is 307 cm³/mol. The molecule has 2 heterocycles. The average molecular weight is 2090 g/mol. The van der Waals surface area contributed by atoms with Gasteiger partial charge in [0.2, 0.25) is 89.0 Å². The van der Waals surface area contributed by atoms with Crippen molar-refractivity contribution in [3.63, 3.8) is 0 Å². The Hall–Kier alpha value is 5.76. The van der Waals surface area contributed by atoms with Crippen LogP contribution < -0.4 is 0 Å². The minimum absolute atomic E-state index is 0. The minimum Gasteiger partial charge on any atom is -0.870 e. The molecule has 99 heteroatoms. The van der Waals surface area contributed by atoms with E-state index in [0.29, 0.717) is 0 Å². The molecule has 2 aliphatic rings. The van der Waals surface area contributed by atoms with Gasteiger partial charge in [-0.2, -0.15) is 0 Å². The van der Waals surface area contributed by atoms with Crippen LogP contribution in [0.2, 0.25) is 0 Å². The van der Waals surface area contributed by atoms with E-state index >= 15 is 0 Å². The van der Waals surface area contributed by atoms with Gasteiger partial charge in [0.1, 0.15) is 37.1 Å².